The van der Waals surface area contributed by atoms with Crippen molar-refractivity contribution in [3.8, 4) is 34.9 Å². The lowest BCUT2D eigenvalue weighted by Gasteiger charge is -2.27. The van der Waals surface area contributed by atoms with Crippen LogP contribution >= 0.6 is 11.3 Å². The summed E-state index contributed by atoms with van der Waals surface area (Å²) >= 11 is 1.81. The molecule has 0 spiro atoms. The highest BCUT2D eigenvalue weighted by atomic mass is 32.1. The normalized spacial score (nSPS) is 12.0. The number of fused-ring (bicyclic) bond motifs is 16. The third-order valence-corrected chi connectivity index (χ3v) is 15.6. The molecule has 5 heterocycles. The molecular weight excluding hydrogens is 861 g/mol. The van der Waals surface area contributed by atoms with Gasteiger partial charge >= 0.3 is 0 Å². The van der Waals surface area contributed by atoms with E-state index in [0.29, 0.717) is 28.2 Å². The first-order valence-corrected chi connectivity index (χ1v) is 23.9. The van der Waals surface area contributed by atoms with E-state index in [0.717, 1.165) is 92.9 Å². The molecule has 0 bridgehead atoms. The van der Waals surface area contributed by atoms with Crippen molar-refractivity contribution in [1.82, 2.24) is 18.3 Å². The number of para-hydroxylation sites is 7. The summed E-state index contributed by atoms with van der Waals surface area (Å²) < 4.78 is 11.6. The van der Waals surface area contributed by atoms with Crippen LogP contribution in [-0.2, 0) is 0 Å². The first-order valence-electron chi connectivity index (χ1n) is 23.1. The fourth-order valence-corrected chi connectivity index (χ4v) is 13.0. The van der Waals surface area contributed by atoms with E-state index < -0.39 is 0 Å². The summed E-state index contributed by atoms with van der Waals surface area (Å²) in [5.74, 6) is 0. The van der Waals surface area contributed by atoms with Crippen LogP contribution in [0.15, 0.2) is 206 Å². The topological polar surface area (TPSA) is 67.3 Å². The molecule has 6 nitrogen and oxygen atoms in total. The van der Waals surface area contributed by atoms with Gasteiger partial charge in [0.1, 0.15) is 23.3 Å². The zero-order valence-electron chi connectivity index (χ0n) is 36.7. The van der Waals surface area contributed by atoms with Crippen LogP contribution in [0.1, 0.15) is 11.1 Å². The van der Waals surface area contributed by atoms with Crippen LogP contribution < -0.4 is 0 Å². The highest BCUT2D eigenvalue weighted by Gasteiger charge is 2.34. The maximum Gasteiger partial charge on any atom is 0.104 e. The van der Waals surface area contributed by atoms with E-state index in [1.165, 1.54) is 20.2 Å². The number of hydrogen-bond acceptors (Lipinski definition) is 3. The molecule has 7 heteroatoms. The molecule has 0 aliphatic heterocycles. The number of hydrogen-bond donors (Lipinski definition) is 0. The van der Waals surface area contributed by atoms with E-state index in [-0.39, 0.29) is 0 Å². The van der Waals surface area contributed by atoms with Gasteiger partial charge in [-0.3, -0.25) is 0 Å². The van der Waals surface area contributed by atoms with Crippen molar-refractivity contribution in [2.75, 3.05) is 0 Å². The molecule has 15 rings (SSSR count). The second-order valence-corrected chi connectivity index (χ2v) is 18.8. The van der Waals surface area contributed by atoms with Crippen LogP contribution in [0.4, 0.5) is 0 Å². The molecule has 0 saturated carbocycles. The first-order chi connectivity index (χ1) is 34.2. The molecule has 5 aromatic heterocycles. The van der Waals surface area contributed by atoms with Gasteiger partial charge in [0.15, 0.2) is 0 Å². The SMILES string of the molecule is N#Cc1c(-n2c3ccccc3c3ccccc32)c(C#N)c(-n2c3ccccc3c3ccccc32)c(-n2c3ccccc3c3c4sc5ccccc5c4ccc32)c1-n1c2ccccc2c2ccccc21. The van der Waals surface area contributed by atoms with Crippen molar-refractivity contribution in [2.45, 2.75) is 0 Å². The molecule has 0 aliphatic carbocycles. The number of nitriles is 2. The second-order valence-electron chi connectivity index (χ2n) is 17.8. The van der Waals surface area contributed by atoms with E-state index >= 15 is 0 Å². The van der Waals surface area contributed by atoms with E-state index in [9.17, 15) is 10.5 Å². The van der Waals surface area contributed by atoms with Crippen LogP contribution in [0, 0.1) is 22.7 Å². The number of nitrogens with zero attached hydrogens (tertiary/aromatic N) is 6. The largest absolute Gasteiger partial charge is 0.306 e. The standard InChI is InChI=1S/C62H34N6S/c63-35-46-58(65-48-25-9-1-17-37(48)38-18-2-10-26-49(38)65)47(36-64)60(67-52-29-13-5-21-41(52)42-22-6-14-30-53(42)67)61(59(46)66-50-27-11-3-19-39(50)40-20-4-12-28-51(40)66)68-54-31-15-7-24-45(54)57-55(68)34-33-44-43-23-8-16-32-56(43)69-62(44)57/h1-34H. The lowest BCUT2D eigenvalue weighted by Crippen LogP contribution is -2.16. The molecule has 0 N–H and O–H groups in total. The number of rotatable bonds is 4. The van der Waals surface area contributed by atoms with Gasteiger partial charge in [0, 0.05) is 63.3 Å². The number of aromatic nitrogens is 4. The molecule has 10 aromatic carbocycles. The van der Waals surface area contributed by atoms with Gasteiger partial charge in [-0.2, -0.15) is 10.5 Å². The van der Waals surface area contributed by atoms with E-state index in [4.69, 9.17) is 0 Å². The average molecular weight is 895 g/mol. The van der Waals surface area contributed by atoms with E-state index in [1.807, 2.05) is 23.5 Å². The Morgan fingerprint density at radius 3 is 1.00 bits per heavy atom. The Morgan fingerprint density at radius 2 is 0.594 bits per heavy atom. The Morgan fingerprint density at radius 1 is 0.275 bits per heavy atom. The van der Waals surface area contributed by atoms with Gasteiger partial charge < -0.3 is 18.3 Å². The summed E-state index contributed by atoms with van der Waals surface area (Å²) in [6, 6.07) is 78.1. The monoisotopic (exact) mass is 894 g/mol. The zero-order valence-corrected chi connectivity index (χ0v) is 37.5. The third kappa shape index (κ3) is 4.91. The maximum atomic E-state index is 12.3. The van der Waals surface area contributed by atoms with Crippen LogP contribution in [0.5, 0.6) is 0 Å². The van der Waals surface area contributed by atoms with Crippen LogP contribution in [0.25, 0.3) is 130 Å². The average Bonchev–Trinajstić information content (AvgIpc) is 4.21. The lowest BCUT2D eigenvalue weighted by atomic mass is 9.98. The molecule has 0 atom stereocenters. The molecule has 0 saturated heterocycles. The van der Waals surface area contributed by atoms with Crippen LogP contribution in [0.2, 0.25) is 0 Å². The van der Waals surface area contributed by atoms with Crippen molar-refractivity contribution < 1.29 is 0 Å². The summed E-state index contributed by atoms with van der Waals surface area (Å²) in [5, 5.41) is 35.7. The Kier molecular flexibility index (Phi) is 7.70. The van der Waals surface area contributed by atoms with Crippen LogP contribution in [-0.4, -0.2) is 18.3 Å². The first kappa shape index (κ1) is 37.8. The maximum absolute atomic E-state index is 12.3. The fourth-order valence-electron chi connectivity index (χ4n) is 11.7. The van der Waals surface area contributed by atoms with Gasteiger partial charge in [0.05, 0.1) is 66.9 Å². The predicted molar refractivity (Wildman–Crippen MR) is 286 cm³/mol. The fraction of sp³-hybridized carbons (Fsp3) is 0. The number of benzene rings is 10. The Bertz CT molecular complexity index is 4510. The summed E-state index contributed by atoms with van der Waals surface area (Å²) in [4.78, 5) is 0. The molecule has 0 aliphatic rings. The second kappa shape index (κ2) is 14.1. The third-order valence-electron chi connectivity index (χ3n) is 14.4. The van der Waals surface area contributed by atoms with Gasteiger partial charge in [-0.1, -0.05) is 152 Å². The minimum absolute atomic E-state index is 0.387. The van der Waals surface area contributed by atoms with Crippen molar-refractivity contribution >= 4 is 119 Å². The molecule has 0 radical (unpaired) electrons. The van der Waals surface area contributed by atoms with Gasteiger partial charge in [-0.25, -0.2) is 0 Å². The molecule has 0 amide bonds. The molecular formula is C62H34N6S. The molecule has 0 fully saturated rings. The molecule has 15 aromatic rings. The molecule has 318 valence electrons. The Labute approximate surface area is 397 Å². The summed E-state index contributed by atoms with van der Waals surface area (Å²) in [7, 11) is 0. The number of thiophene rings is 1. The van der Waals surface area contributed by atoms with Crippen LogP contribution in [0.3, 0.4) is 0 Å². The van der Waals surface area contributed by atoms with Gasteiger partial charge in [0.25, 0.3) is 0 Å². The highest BCUT2D eigenvalue weighted by Crippen LogP contribution is 2.50. The van der Waals surface area contributed by atoms with Gasteiger partial charge in [-0.05, 0) is 54.6 Å². The summed E-state index contributed by atoms with van der Waals surface area (Å²) in [6.07, 6.45) is 0. The minimum atomic E-state index is 0.387. The minimum Gasteiger partial charge on any atom is -0.306 e. The Hall–Kier alpha value is -9.40. The van der Waals surface area contributed by atoms with Gasteiger partial charge in [-0.15, -0.1) is 11.3 Å². The molecule has 69 heavy (non-hydrogen) atoms. The van der Waals surface area contributed by atoms with E-state index in [1.54, 1.807) is 0 Å². The lowest BCUT2D eigenvalue weighted by molar-refractivity contribution is 1.02. The van der Waals surface area contributed by atoms with Crippen molar-refractivity contribution in [3.05, 3.63) is 217 Å². The van der Waals surface area contributed by atoms with Crippen molar-refractivity contribution in [2.24, 2.45) is 0 Å². The zero-order chi connectivity index (χ0) is 45.5. The highest BCUT2D eigenvalue weighted by molar-refractivity contribution is 7.26. The van der Waals surface area contributed by atoms with E-state index in [2.05, 4.69) is 225 Å². The quantitative estimate of drug-likeness (QED) is 0.177. The van der Waals surface area contributed by atoms with Gasteiger partial charge in [0.2, 0.25) is 0 Å². The predicted octanol–water partition coefficient (Wildman–Crippen LogP) is 16.2. The van der Waals surface area contributed by atoms with Crippen molar-refractivity contribution in [1.29, 1.82) is 10.5 Å². The summed E-state index contributed by atoms with van der Waals surface area (Å²) in [6.45, 7) is 0. The van der Waals surface area contributed by atoms with Crippen molar-refractivity contribution in [3.63, 3.8) is 0 Å². The molecule has 0 unspecified atom stereocenters. The summed E-state index contributed by atoms with van der Waals surface area (Å²) in [5.41, 5.74) is 11.0. The Balaban J connectivity index is 1.28. The smallest absolute Gasteiger partial charge is 0.104 e.